The number of halogens is 2. The average Bonchev–Trinajstić information content (AvgIpc) is 2.92. The number of aromatic nitrogens is 1. The fourth-order valence-corrected chi connectivity index (χ4v) is 2.77. The Morgan fingerprint density at radius 1 is 1.32 bits per heavy atom. The van der Waals surface area contributed by atoms with E-state index in [4.69, 9.17) is 5.26 Å². The molecule has 0 radical (unpaired) electrons. The first-order chi connectivity index (χ1) is 10.5. The van der Waals surface area contributed by atoms with Crippen molar-refractivity contribution in [2.24, 2.45) is 0 Å². The second kappa shape index (κ2) is 5.41. The summed E-state index contributed by atoms with van der Waals surface area (Å²) in [6.45, 7) is 0. The first kappa shape index (κ1) is 14.5. The number of nitrogens with zero attached hydrogens (tertiary/aromatic N) is 1. The Labute approximate surface area is 126 Å². The van der Waals surface area contributed by atoms with Crippen LogP contribution in [-0.2, 0) is 0 Å². The van der Waals surface area contributed by atoms with Crippen molar-refractivity contribution in [3.8, 4) is 6.07 Å². The normalized spacial score (nSPS) is 18.0. The number of aromatic amines is 1. The van der Waals surface area contributed by atoms with E-state index in [2.05, 4.69) is 10.3 Å². The van der Waals surface area contributed by atoms with Gasteiger partial charge in [0.1, 0.15) is 5.69 Å². The van der Waals surface area contributed by atoms with Crippen LogP contribution in [0, 0.1) is 11.3 Å². The van der Waals surface area contributed by atoms with Gasteiger partial charge < -0.3 is 10.3 Å². The molecule has 114 valence electrons. The van der Waals surface area contributed by atoms with E-state index in [1.807, 2.05) is 6.07 Å². The van der Waals surface area contributed by atoms with Crippen LogP contribution in [0.25, 0.3) is 10.9 Å². The number of H-pyrrole nitrogens is 1. The standard InChI is InChI=1S/C16H15F2N3O/c17-16(18)5-3-12(4-6-16)20-15(22)14-8-11-2-1-10(9-19)7-13(11)21-14/h1-2,7-8,12,21H,3-6H2,(H,20,22). The molecule has 1 aliphatic carbocycles. The third-order valence-electron chi connectivity index (χ3n) is 4.05. The molecule has 1 saturated carbocycles. The maximum atomic E-state index is 13.1. The third kappa shape index (κ3) is 2.93. The van der Waals surface area contributed by atoms with Crippen molar-refractivity contribution in [3.05, 3.63) is 35.5 Å². The highest BCUT2D eigenvalue weighted by Crippen LogP contribution is 2.33. The largest absolute Gasteiger partial charge is 0.350 e. The van der Waals surface area contributed by atoms with Gasteiger partial charge in [0, 0.05) is 29.8 Å². The summed E-state index contributed by atoms with van der Waals surface area (Å²) in [5.74, 6) is -2.90. The zero-order chi connectivity index (χ0) is 15.7. The Kier molecular flexibility index (Phi) is 3.57. The first-order valence-corrected chi connectivity index (χ1v) is 7.18. The van der Waals surface area contributed by atoms with Gasteiger partial charge in [0.05, 0.1) is 11.6 Å². The Morgan fingerprint density at radius 3 is 2.73 bits per heavy atom. The van der Waals surface area contributed by atoms with E-state index in [-0.39, 0.29) is 37.6 Å². The summed E-state index contributed by atoms with van der Waals surface area (Å²) in [7, 11) is 0. The number of carbonyl (C=O) groups excluding carboxylic acids is 1. The van der Waals surface area contributed by atoms with Gasteiger partial charge in [-0.1, -0.05) is 6.07 Å². The second-order valence-corrected chi connectivity index (χ2v) is 5.70. The molecule has 1 aromatic heterocycles. The fraction of sp³-hybridized carbons (Fsp3) is 0.375. The fourth-order valence-electron chi connectivity index (χ4n) is 2.77. The number of fused-ring (bicyclic) bond motifs is 1. The Bertz CT molecular complexity index is 750. The molecule has 0 atom stereocenters. The zero-order valence-corrected chi connectivity index (χ0v) is 11.8. The minimum absolute atomic E-state index is 0.184. The van der Waals surface area contributed by atoms with E-state index in [1.54, 1.807) is 24.3 Å². The molecule has 0 bridgehead atoms. The van der Waals surface area contributed by atoms with Crippen LogP contribution in [0.2, 0.25) is 0 Å². The van der Waals surface area contributed by atoms with Gasteiger partial charge in [0.2, 0.25) is 5.92 Å². The minimum atomic E-state index is -2.60. The number of alkyl halides is 2. The van der Waals surface area contributed by atoms with E-state index in [0.717, 1.165) is 5.39 Å². The Hall–Kier alpha value is -2.42. The second-order valence-electron chi connectivity index (χ2n) is 5.70. The molecule has 22 heavy (non-hydrogen) atoms. The van der Waals surface area contributed by atoms with Gasteiger partial charge in [-0.2, -0.15) is 5.26 Å². The van der Waals surface area contributed by atoms with Gasteiger partial charge in [0.25, 0.3) is 5.91 Å². The summed E-state index contributed by atoms with van der Waals surface area (Å²) in [6, 6.07) is 8.64. The number of nitrogens with one attached hydrogen (secondary N) is 2. The van der Waals surface area contributed by atoms with Crippen molar-refractivity contribution in [3.63, 3.8) is 0 Å². The lowest BCUT2D eigenvalue weighted by atomic mass is 9.92. The lowest BCUT2D eigenvalue weighted by Crippen LogP contribution is -2.40. The summed E-state index contributed by atoms with van der Waals surface area (Å²) in [6.07, 6.45) is 0.210. The Morgan fingerprint density at radius 2 is 2.05 bits per heavy atom. The van der Waals surface area contributed by atoms with Crippen LogP contribution in [0.4, 0.5) is 8.78 Å². The van der Waals surface area contributed by atoms with Gasteiger partial charge in [-0.3, -0.25) is 4.79 Å². The molecule has 1 amide bonds. The maximum absolute atomic E-state index is 13.1. The van der Waals surface area contributed by atoms with Crippen LogP contribution in [0.3, 0.4) is 0 Å². The number of hydrogen-bond donors (Lipinski definition) is 2. The number of rotatable bonds is 2. The van der Waals surface area contributed by atoms with Crippen molar-refractivity contribution in [1.82, 2.24) is 10.3 Å². The van der Waals surface area contributed by atoms with Crippen molar-refractivity contribution < 1.29 is 13.6 Å². The van der Waals surface area contributed by atoms with E-state index < -0.39 is 5.92 Å². The average molecular weight is 303 g/mol. The van der Waals surface area contributed by atoms with E-state index in [1.165, 1.54) is 0 Å². The maximum Gasteiger partial charge on any atom is 0.267 e. The van der Waals surface area contributed by atoms with Crippen LogP contribution in [-0.4, -0.2) is 22.9 Å². The molecule has 2 N–H and O–H groups in total. The van der Waals surface area contributed by atoms with Crippen LogP contribution < -0.4 is 5.32 Å². The summed E-state index contributed by atoms with van der Waals surface area (Å²) in [5, 5.41) is 12.5. The SMILES string of the molecule is N#Cc1ccc2cc(C(=O)NC3CCC(F)(F)CC3)[nH]c2c1. The number of nitriles is 1. The van der Waals surface area contributed by atoms with Crippen LogP contribution in [0.5, 0.6) is 0 Å². The molecule has 1 heterocycles. The van der Waals surface area contributed by atoms with Crippen LogP contribution >= 0.6 is 0 Å². The minimum Gasteiger partial charge on any atom is -0.350 e. The summed E-state index contributed by atoms with van der Waals surface area (Å²) in [4.78, 5) is 15.2. The highest BCUT2D eigenvalue weighted by molar-refractivity contribution is 5.98. The van der Waals surface area contributed by atoms with Crippen LogP contribution in [0.1, 0.15) is 41.7 Å². The molecular weight excluding hydrogens is 288 g/mol. The van der Waals surface area contributed by atoms with Crippen molar-refractivity contribution in [1.29, 1.82) is 5.26 Å². The molecule has 6 heteroatoms. The molecule has 0 spiro atoms. The predicted octanol–water partition coefficient (Wildman–Crippen LogP) is 3.35. The molecule has 0 unspecified atom stereocenters. The molecule has 0 aliphatic heterocycles. The van der Waals surface area contributed by atoms with Gasteiger partial charge >= 0.3 is 0 Å². The van der Waals surface area contributed by atoms with E-state index in [0.29, 0.717) is 16.8 Å². The predicted molar refractivity (Wildman–Crippen MR) is 77.7 cm³/mol. The highest BCUT2D eigenvalue weighted by atomic mass is 19.3. The molecule has 4 nitrogen and oxygen atoms in total. The zero-order valence-electron chi connectivity index (χ0n) is 11.8. The third-order valence-corrected chi connectivity index (χ3v) is 4.05. The Balaban J connectivity index is 1.71. The van der Waals surface area contributed by atoms with Crippen LogP contribution in [0.15, 0.2) is 24.3 Å². The molecule has 0 saturated heterocycles. The van der Waals surface area contributed by atoms with E-state index in [9.17, 15) is 13.6 Å². The van der Waals surface area contributed by atoms with Gasteiger partial charge in [-0.15, -0.1) is 0 Å². The molecule has 1 aliphatic rings. The lowest BCUT2D eigenvalue weighted by molar-refractivity contribution is -0.0399. The highest BCUT2D eigenvalue weighted by Gasteiger charge is 2.35. The summed E-state index contributed by atoms with van der Waals surface area (Å²) < 4.78 is 26.2. The monoisotopic (exact) mass is 303 g/mol. The van der Waals surface area contributed by atoms with Crippen molar-refractivity contribution in [2.75, 3.05) is 0 Å². The van der Waals surface area contributed by atoms with Crippen molar-refractivity contribution >= 4 is 16.8 Å². The number of carbonyl (C=O) groups is 1. The molecule has 2 aromatic rings. The molecule has 3 rings (SSSR count). The summed E-state index contributed by atoms with van der Waals surface area (Å²) >= 11 is 0. The quantitative estimate of drug-likeness (QED) is 0.893. The van der Waals surface area contributed by atoms with E-state index >= 15 is 0 Å². The van der Waals surface area contributed by atoms with Gasteiger partial charge in [-0.25, -0.2) is 8.78 Å². The number of hydrogen-bond acceptors (Lipinski definition) is 2. The molecule has 1 aromatic carbocycles. The smallest absolute Gasteiger partial charge is 0.267 e. The molecule has 1 fully saturated rings. The number of benzene rings is 1. The van der Waals surface area contributed by atoms with Gasteiger partial charge in [-0.05, 0) is 31.0 Å². The lowest BCUT2D eigenvalue weighted by Gasteiger charge is -2.28. The number of amides is 1. The molecular formula is C16H15F2N3O. The van der Waals surface area contributed by atoms with Crippen molar-refractivity contribution in [2.45, 2.75) is 37.6 Å². The first-order valence-electron chi connectivity index (χ1n) is 7.18. The summed E-state index contributed by atoms with van der Waals surface area (Å²) in [5.41, 5.74) is 1.60. The van der Waals surface area contributed by atoms with Gasteiger partial charge in [0.15, 0.2) is 0 Å². The topological polar surface area (TPSA) is 68.7 Å².